The van der Waals surface area contributed by atoms with Gasteiger partial charge in [0.2, 0.25) is 0 Å². The van der Waals surface area contributed by atoms with Crippen LogP contribution in [0.15, 0.2) is 12.1 Å². The zero-order chi connectivity index (χ0) is 12.0. The Hall–Kier alpha value is -1.39. The highest BCUT2D eigenvalue weighted by Crippen LogP contribution is 2.25. The van der Waals surface area contributed by atoms with Crippen molar-refractivity contribution in [3.05, 3.63) is 29.1 Å². The summed E-state index contributed by atoms with van der Waals surface area (Å²) in [7, 11) is 0. The number of nitrogens with two attached hydrogens (primary N) is 1. The van der Waals surface area contributed by atoms with E-state index in [-0.39, 0.29) is 12.0 Å². The van der Waals surface area contributed by atoms with E-state index in [1.807, 2.05) is 0 Å². The van der Waals surface area contributed by atoms with Crippen LogP contribution in [0, 0.1) is 13.8 Å². The van der Waals surface area contributed by atoms with Crippen molar-refractivity contribution in [1.82, 2.24) is 9.97 Å². The summed E-state index contributed by atoms with van der Waals surface area (Å²) in [4.78, 5) is 8.00. The van der Waals surface area contributed by atoms with Crippen LogP contribution in [-0.2, 0) is 4.74 Å². The SMILES string of the molecule is Cc1cc2nc(C3COCC3N)[nH]c2cc1C. The van der Waals surface area contributed by atoms with Crippen molar-refractivity contribution in [3.8, 4) is 0 Å². The van der Waals surface area contributed by atoms with Crippen LogP contribution in [0.3, 0.4) is 0 Å². The van der Waals surface area contributed by atoms with E-state index in [1.54, 1.807) is 0 Å². The lowest BCUT2D eigenvalue weighted by molar-refractivity contribution is 0.190. The summed E-state index contributed by atoms with van der Waals surface area (Å²) in [6.45, 7) is 5.51. The molecule has 0 bridgehead atoms. The first-order valence-corrected chi connectivity index (χ1v) is 5.95. The van der Waals surface area contributed by atoms with Crippen LogP contribution in [-0.4, -0.2) is 29.2 Å². The molecule has 2 aromatic rings. The Labute approximate surface area is 100 Å². The van der Waals surface area contributed by atoms with Gasteiger partial charge in [0.1, 0.15) is 5.82 Å². The van der Waals surface area contributed by atoms with Gasteiger partial charge in [-0.1, -0.05) is 0 Å². The van der Waals surface area contributed by atoms with E-state index in [1.165, 1.54) is 11.1 Å². The maximum absolute atomic E-state index is 6.01. The molecule has 90 valence electrons. The third-order valence-corrected chi connectivity index (χ3v) is 3.59. The first kappa shape index (κ1) is 10.7. The number of ether oxygens (including phenoxy) is 1. The van der Waals surface area contributed by atoms with E-state index < -0.39 is 0 Å². The lowest BCUT2D eigenvalue weighted by Gasteiger charge is -2.08. The van der Waals surface area contributed by atoms with Gasteiger partial charge in [-0.3, -0.25) is 0 Å². The van der Waals surface area contributed by atoms with Crippen molar-refractivity contribution in [2.45, 2.75) is 25.8 Å². The summed E-state index contributed by atoms with van der Waals surface area (Å²) in [5.74, 6) is 1.15. The van der Waals surface area contributed by atoms with Crippen LogP contribution in [0.25, 0.3) is 11.0 Å². The third kappa shape index (κ3) is 1.73. The van der Waals surface area contributed by atoms with Crippen molar-refractivity contribution in [2.24, 2.45) is 5.73 Å². The van der Waals surface area contributed by atoms with Gasteiger partial charge in [-0.25, -0.2) is 4.98 Å². The van der Waals surface area contributed by atoms with Crippen LogP contribution in [0.1, 0.15) is 22.9 Å². The third-order valence-electron chi connectivity index (χ3n) is 3.59. The number of hydrogen-bond donors (Lipinski definition) is 2. The Kier molecular flexibility index (Phi) is 2.42. The number of rotatable bonds is 1. The normalized spacial score (nSPS) is 24.6. The Morgan fingerprint density at radius 1 is 1.29 bits per heavy atom. The number of H-pyrrole nitrogens is 1. The van der Waals surface area contributed by atoms with Crippen molar-refractivity contribution >= 4 is 11.0 Å². The summed E-state index contributed by atoms with van der Waals surface area (Å²) in [6, 6.07) is 4.31. The molecule has 2 unspecified atom stereocenters. The lowest BCUT2D eigenvalue weighted by Crippen LogP contribution is -2.27. The molecule has 1 aromatic carbocycles. The lowest BCUT2D eigenvalue weighted by atomic mass is 10.0. The summed E-state index contributed by atoms with van der Waals surface area (Å²) in [5.41, 5.74) is 10.7. The largest absolute Gasteiger partial charge is 0.379 e. The molecule has 1 aromatic heterocycles. The second-order valence-electron chi connectivity index (χ2n) is 4.88. The molecule has 2 heterocycles. The molecule has 4 nitrogen and oxygen atoms in total. The van der Waals surface area contributed by atoms with Crippen LogP contribution in [0.4, 0.5) is 0 Å². The van der Waals surface area contributed by atoms with E-state index in [2.05, 4.69) is 35.9 Å². The predicted molar refractivity (Wildman–Crippen MR) is 67.1 cm³/mol. The van der Waals surface area contributed by atoms with Crippen molar-refractivity contribution < 1.29 is 4.74 Å². The van der Waals surface area contributed by atoms with Crippen LogP contribution >= 0.6 is 0 Å². The number of aryl methyl sites for hydroxylation is 2. The number of imidazole rings is 1. The van der Waals surface area contributed by atoms with Gasteiger partial charge >= 0.3 is 0 Å². The predicted octanol–water partition coefficient (Wildman–Crippen LogP) is 1.62. The van der Waals surface area contributed by atoms with Gasteiger partial charge in [-0.2, -0.15) is 0 Å². The van der Waals surface area contributed by atoms with Crippen molar-refractivity contribution in [3.63, 3.8) is 0 Å². The molecule has 1 fully saturated rings. The molecule has 1 aliphatic heterocycles. The minimum absolute atomic E-state index is 0.0535. The number of nitrogens with one attached hydrogen (secondary N) is 1. The number of fused-ring (bicyclic) bond motifs is 1. The van der Waals surface area contributed by atoms with Crippen molar-refractivity contribution in [1.29, 1.82) is 0 Å². The molecule has 0 spiro atoms. The van der Waals surface area contributed by atoms with Crippen LogP contribution < -0.4 is 5.73 Å². The highest BCUT2D eigenvalue weighted by molar-refractivity contribution is 5.77. The second kappa shape index (κ2) is 3.82. The van der Waals surface area contributed by atoms with E-state index in [0.29, 0.717) is 13.2 Å². The van der Waals surface area contributed by atoms with Gasteiger partial charge in [0.05, 0.1) is 30.2 Å². The van der Waals surface area contributed by atoms with Crippen molar-refractivity contribution in [2.75, 3.05) is 13.2 Å². The average molecular weight is 231 g/mol. The highest BCUT2D eigenvalue weighted by atomic mass is 16.5. The molecule has 0 amide bonds. The summed E-state index contributed by atoms with van der Waals surface area (Å²) < 4.78 is 5.38. The second-order valence-corrected chi connectivity index (χ2v) is 4.88. The quantitative estimate of drug-likeness (QED) is 0.784. The van der Waals surface area contributed by atoms with E-state index in [4.69, 9.17) is 10.5 Å². The molecule has 1 aliphatic rings. The summed E-state index contributed by atoms with van der Waals surface area (Å²) >= 11 is 0. The Morgan fingerprint density at radius 2 is 2.06 bits per heavy atom. The van der Waals surface area contributed by atoms with E-state index in [0.717, 1.165) is 16.9 Å². The number of hydrogen-bond acceptors (Lipinski definition) is 3. The number of benzene rings is 1. The first-order valence-electron chi connectivity index (χ1n) is 5.95. The van der Waals surface area contributed by atoms with Gasteiger partial charge in [0.15, 0.2) is 0 Å². The van der Waals surface area contributed by atoms with Gasteiger partial charge in [-0.15, -0.1) is 0 Å². The number of aromatic nitrogens is 2. The minimum Gasteiger partial charge on any atom is -0.379 e. The number of nitrogens with zero attached hydrogens (tertiary/aromatic N) is 1. The molecule has 0 aliphatic carbocycles. The molecule has 1 saturated heterocycles. The average Bonchev–Trinajstić information content (AvgIpc) is 2.85. The van der Waals surface area contributed by atoms with Gasteiger partial charge in [0, 0.05) is 6.04 Å². The standard InChI is InChI=1S/C13H17N3O/c1-7-3-11-12(4-8(7)2)16-13(15-11)9-5-17-6-10(9)14/h3-4,9-10H,5-6,14H2,1-2H3,(H,15,16). The van der Waals surface area contributed by atoms with E-state index in [9.17, 15) is 0 Å². The smallest absolute Gasteiger partial charge is 0.114 e. The maximum atomic E-state index is 6.01. The fourth-order valence-corrected chi connectivity index (χ4v) is 2.32. The Morgan fingerprint density at radius 3 is 2.76 bits per heavy atom. The monoisotopic (exact) mass is 231 g/mol. The molecular weight excluding hydrogens is 214 g/mol. The van der Waals surface area contributed by atoms with E-state index >= 15 is 0 Å². The molecule has 0 radical (unpaired) electrons. The highest BCUT2D eigenvalue weighted by Gasteiger charge is 2.28. The van der Waals surface area contributed by atoms with Gasteiger partial charge < -0.3 is 15.5 Å². The van der Waals surface area contributed by atoms with Gasteiger partial charge in [-0.05, 0) is 37.1 Å². The molecule has 17 heavy (non-hydrogen) atoms. The summed E-state index contributed by atoms with van der Waals surface area (Å²) in [5, 5.41) is 0. The Bertz CT molecular complexity index is 522. The van der Waals surface area contributed by atoms with Crippen LogP contribution in [0.2, 0.25) is 0 Å². The van der Waals surface area contributed by atoms with Crippen LogP contribution in [0.5, 0.6) is 0 Å². The molecular formula is C13H17N3O. The molecule has 4 heteroatoms. The molecule has 3 rings (SSSR count). The fraction of sp³-hybridized carbons (Fsp3) is 0.462. The molecule has 2 atom stereocenters. The zero-order valence-electron chi connectivity index (χ0n) is 10.2. The zero-order valence-corrected chi connectivity index (χ0v) is 10.2. The minimum atomic E-state index is 0.0535. The van der Waals surface area contributed by atoms with Gasteiger partial charge in [0.25, 0.3) is 0 Å². The molecule has 3 N–H and O–H groups in total. The Balaban J connectivity index is 2.07. The first-order chi connectivity index (χ1) is 8.15. The fourth-order valence-electron chi connectivity index (χ4n) is 2.32. The summed E-state index contributed by atoms with van der Waals surface area (Å²) in [6.07, 6.45) is 0. The number of aromatic amines is 1. The maximum Gasteiger partial charge on any atom is 0.114 e. The topological polar surface area (TPSA) is 63.9 Å². The molecule has 0 saturated carbocycles.